The Morgan fingerprint density at radius 3 is 2.55 bits per heavy atom. The van der Waals surface area contributed by atoms with Crippen LogP contribution in [0.4, 0.5) is 5.69 Å². The first kappa shape index (κ1) is 22.7. The van der Waals surface area contributed by atoms with Crippen molar-refractivity contribution in [3.63, 3.8) is 0 Å². The predicted molar refractivity (Wildman–Crippen MR) is 118 cm³/mol. The molecule has 2 aromatic carbocycles. The molecular formula is C22H28N2O6S. The summed E-state index contributed by atoms with van der Waals surface area (Å²) in [7, 11) is -3.64. The minimum Gasteiger partial charge on any atom is -0.494 e. The Morgan fingerprint density at radius 1 is 1.10 bits per heavy atom. The van der Waals surface area contributed by atoms with Gasteiger partial charge in [0.25, 0.3) is 0 Å². The van der Waals surface area contributed by atoms with E-state index in [2.05, 4.69) is 5.32 Å². The Hall–Kier alpha value is -2.94. The van der Waals surface area contributed by atoms with Crippen molar-refractivity contribution in [2.45, 2.75) is 26.7 Å². The number of benzene rings is 2. The largest absolute Gasteiger partial charge is 0.494 e. The minimum absolute atomic E-state index is 0.0914. The molecule has 0 saturated heterocycles. The highest BCUT2D eigenvalue weighted by molar-refractivity contribution is 7.92. The normalized spacial score (nSPS) is 12.5. The van der Waals surface area contributed by atoms with Crippen LogP contribution in [0.2, 0.25) is 0 Å². The highest BCUT2D eigenvalue weighted by Gasteiger charge is 2.25. The molecule has 2 aromatic rings. The maximum absolute atomic E-state index is 12.6. The zero-order chi connectivity index (χ0) is 22.3. The maximum Gasteiger partial charge on any atom is 0.240 e. The van der Waals surface area contributed by atoms with Crippen LogP contribution in [0.5, 0.6) is 17.2 Å². The van der Waals surface area contributed by atoms with E-state index in [0.29, 0.717) is 30.3 Å². The number of nitrogens with one attached hydrogen (secondary N) is 1. The molecule has 0 saturated carbocycles. The van der Waals surface area contributed by atoms with Gasteiger partial charge >= 0.3 is 0 Å². The van der Waals surface area contributed by atoms with Crippen LogP contribution in [0.3, 0.4) is 0 Å². The standard InChI is InChI=1S/C22H28N2O6S/c1-3-28-19-10-7-17(8-11-19)6-5-13-23-22(25)15-24(31(26,27)4-2)18-9-12-20-21(14-18)30-16-29-20/h7-12,14H,3-6,13,15-16H2,1-2H3,(H,23,25). The molecule has 1 aliphatic heterocycles. The Morgan fingerprint density at radius 2 is 1.84 bits per heavy atom. The van der Waals surface area contributed by atoms with Crippen LogP contribution in [-0.2, 0) is 21.2 Å². The first-order chi connectivity index (χ1) is 14.9. The second-order valence-corrected chi connectivity index (χ2v) is 9.16. The lowest BCUT2D eigenvalue weighted by Crippen LogP contribution is -2.41. The van der Waals surface area contributed by atoms with Gasteiger partial charge in [-0.1, -0.05) is 12.1 Å². The maximum atomic E-state index is 12.6. The summed E-state index contributed by atoms with van der Waals surface area (Å²) < 4.78 is 42.3. The highest BCUT2D eigenvalue weighted by atomic mass is 32.2. The van der Waals surface area contributed by atoms with E-state index in [1.807, 2.05) is 31.2 Å². The fourth-order valence-electron chi connectivity index (χ4n) is 3.17. The SMILES string of the molecule is CCOc1ccc(CCCNC(=O)CN(c2ccc3c(c2)OCO3)S(=O)(=O)CC)cc1. The molecule has 0 aromatic heterocycles. The molecular weight excluding hydrogens is 420 g/mol. The van der Waals surface area contributed by atoms with E-state index in [1.54, 1.807) is 25.1 Å². The summed E-state index contributed by atoms with van der Waals surface area (Å²) in [5.74, 6) is 1.37. The Bertz CT molecular complexity index is 992. The number of hydrogen-bond donors (Lipinski definition) is 1. The fraction of sp³-hybridized carbons (Fsp3) is 0.409. The van der Waals surface area contributed by atoms with Gasteiger partial charge in [-0.2, -0.15) is 0 Å². The molecule has 1 amide bonds. The van der Waals surface area contributed by atoms with Gasteiger partial charge in [0.1, 0.15) is 12.3 Å². The summed E-state index contributed by atoms with van der Waals surface area (Å²) in [5, 5.41) is 2.81. The number of nitrogens with zero attached hydrogens (tertiary/aromatic N) is 1. The summed E-state index contributed by atoms with van der Waals surface area (Å²) in [6, 6.07) is 12.7. The second-order valence-electron chi connectivity index (χ2n) is 6.98. The molecule has 0 spiro atoms. The molecule has 0 unspecified atom stereocenters. The average molecular weight is 449 g/mol. The topological polar surface area (TPSA) is 94.2 Å². The number of carbonyl (C=O) groups is 1. The summed E-state index contributed by atoms with van der Waals surface area (Å²) in [4.78, 5) is 12.5. The molecule has 168 valence electrons. The van der Waals surface area contributed by atoms with Crippen molar-refractivity contribution in [1.29, 1.82) is 0 Å². The van der Waals surface area contributed by atoms with Gasteiger partial charge in [0, 0.05) is 12.6 Å². The molecule has 0 radical (unpaired) electrons. The lowest BCUT2D eigenvalue weighted by molar-refractivity contribution is -0.119. The van der Waals surface area contributed by atoms with Gasteiger partial charge in [0.15, 0.2) is 11.5 Å². The van der Waals surface area contributed by atoms with E-state index in [9.17, 15) is 13.2 Å². The minimum atomic E-state index is -3.64. The number of hydrogen-bond acceptors (Lipinski definition) is 6. The Balaban J connectivity index is 1.54. The van der Waals surface area contributed by atoms with Gasteiger partial charge in [-0.3, -0.25) is 9.10 Å². The second kappa shape index (κ2) is 10.4. The van der Waals surface area contributed by atoms with E-state index in [0.717, 1.165) is 28.5 Å². The zero-order valence-corrected chi connectivity index (χ0v) is 18.6. The van der Waals surface area contributed by atoms with Crippen LogP contribution in [0.1, 0.15) is 25.8 Å². The van der Waals surface area contributed by atoms with Gasteiger partial charge in [-0.15, -0.1) is 0 Å². The molecule has 3 rings (SSSR count). The predicted octanol–water partition coefficient (Wildman–Crippen LogP) is 2.72. The summed E-state index contributed by atoms with van der Waals surface area (Å²) >= 11 is 0. The monoisotopic (exact) mass is 448 g/mol. The molecule has 8 nitrogen and oxygen atoms in total. The smallest absolute Gasteiger partial charge is 0.240 e. The van der Waals surface area contributed by atoms with Gasteiger partial charge in [0.05, 0.1) is 18.0 Å². The number of aryl methyl sites for hydroxylation is 1. The lowest BCUT2D eigenvalue weighted by Gasteiger charge is -2.23. The van der Waals surface area contributed by atoms with Crippen molar-refractivity contribution >= 4 is 21.6 Å². The van der Waals surface area contributed by atoms with Crippen molar-refractivity contribution in [2.24, 2.45) is 0 Å². The zero-order valence-electron chi connectivity index (χ0n) is 17.8. The van der Waals surface area contributed by atoms with Crippen molar-refractivity contribution in [1.82, 2.24) is 5.32 Å². The number of anilines is 1. The van der Waals surface area contributed by atoms with Crippen molar-refractivity contribution < 1.29 is 27.4 Å². The summed E-state index contributed by atoms with van der Waals surface area (Å²) in [6.07, 6.45) is 1.54. The van der Waals surface area contributed by atoms with Crippen molar-refractivity contribution in [3.05, 3.63) is 48.0 Å². The number of amides is 1. The Kier molecular flexibility index (Phi) is 7.62. The number of rotatable bonds is 11. The number of ether oxygens (including phenoxy) is 3. The van der Waals surface area contributed by atoms with Crippen molar-refractivity contribution in [3.8, 4) is 17.2 Å². The fourth-order valence-corrected chi connectivity index (χ4v) is 4.23. The Labute approximate surface area is 183 Å². The van der Waals surface area contributed by atoms with E-state index < -0.39 is 10.0 Å². The van der Waals surface area contributed by atoms with Crippen LogP contribution < -0.4 is 23.8 Å². The quantitative estimate of drug-likeness (QED) is 0.531. The highest BCUT2D eigenvalue weighted by Crippen LogP contribution is 2.36. The number of fused-ring (bicyclic) bond motifs is 1. The molecule has 0 fully saturated rings. The van der Waals surface area contributed by atoms with Crippen LogP contribution in [0, 0.1) is 0 Å². The third-order valence-electron chi connectivity index (χ3n) is 4.83. The van der Waals surface area contributed by atoms with E-state index in [1.165, 1.54) is 0 Å². The molecule has 0 bridgehead atoms. The van der Waals surface area contributed by atoms with Gasteiger partial charge in [0.2, 0.25) is 22.7 Å². The van der Waals surface area contributed by atoms with Crippen LogP contribution in [0.25, 0.3) is 0 Å². The third kappa shape index (κ3) is 6.04. The number of carbonyl (C=O) groups excluding carboxylic acids is 1. The van der Waals surface area contributed by atoms with Crippen molar-refractivity contribution in [2.75, 3.05) is 36.5 Å². The van der Waals surface area contributed by atoms with Gasteiger partial charge in [-0.05, 0) is 56.5 Å². The molecule has 31 heavy (non-hydrogen) atoms. The van der Waals surface area contributed by atoms with Crippen LogP contribution in [-0.4, -0.2) is 46.6 Å². The van der Waals surface area contributed by atoms with Gasteiger partial charge in [-0.25, -0.2) is 8.42 Å². The van der Waals surface area contributed by atoms with E-state index in [4.69, 9.17) is 14.2 Å². The first-order valence-corrected chi connectivity index (χ1v) is 11.9. The van der Waals surface area contributed by atoms with E-state index >= 15 is 0 Å². The first-order valence-electron chi connectivity index (χ1n) is 10.3. The summed E-state index contributed by atoms with van der Waals surface area (Å²) in [6.45, 7) is 4.36. The van der Waals surface area contributed by atoms with Crippen LogP contribution >= 0.6 is 0 Å². The summed E-state index contributed by atoms with van der Waals surface area (Å²) in [5.41, 5.74) is 1.52. The molecule has 1 N–H and O–H groups in total. The third-order valence-corrected chi connectivity index (χ3v) is 6.57. The van der Waals surface area contributed by atoms with E-state index in [-0.39, 0.29) is 25.0 Å². The van der Waals surface area contributed by atoms with Crippen LogP contribution in [0.15, 0.2) is 42.5 Å². The molecule has 1 heterocycles. The molecule has 9 heteroatoms. The molecule has 0 aliphatic carbocycles. The molecule has 1 aliphatic rings. The van der Waals surface area contributed by atoms with Gasteiger partial charge < -0.3 is 19.5 Å². The molecule has 0 atom stereocenters. The number of sulfonamides is 1. The average Bonchev–Trinajstić information content (AvgIpc) is 3.24. The lowest BCUT2D eigenvalue weighted by atomic mass is 10.1.